The van der Waals surface area contributed by atoms with E-state index in [4.69, 9.17) is 4.74 Å². The van der Waals surface area contributed by atoms with Gasteiger partial charge in [-0.05, 0) is 45.4 Å². The van der Waals surface area contributed by atoms with Gasteiger partial charge in [-0.3, -0.25) is 0 Å². The largest absolute Gasteiger partial charge is 0.496 e. The highest BCUT2D eigenvalue weighted by atomic mass is 16.5. The number of hydrogen-bond acceptors (Lipinski definition) is 3. The van der Waals surface area contributed by atoms with Gasteiger partial charge < -0.3 is 15.0 Å². The molecule has 0 saturated heterocycles. The Bertz CT molecular complexity index is 441. The van der Waals surface area contributed by atoms with Crippen molar-refractivity contribution in [3.05, 3.63) is 23.8 Å². The first-order valence-electron chi connectivity index (χ1n) is 8.39. The fourth-order valence-corrected chi connectivity index (χ4v) is 3.65. The highest BCUT2D eigenvalue weighted by molar-refractivity contribution is 5.61. The average molecular weight is 290 g/mol. The molecule has 21 heavy (non-hydrogen) atoms. The Hall–Kier alpha value is -1.22. The molecule has 0 bridgehead atoms. The Morgan fingerprint density at radius 3 is 2.57 bits per heavy atom. The minimum atomic E-state index is 0.302. The molecule has 1 aromatic rings. The van der Waals surface area contributed by atoms with Crippen molar-refractivity contribution in [2.24, 2.45) is 0 Å². The molecule has 1 fully saturated rings. The first-order valence-corrected chi connectivity index (χ1v) is 8.39. The highest BCUT2D eigenvalue weighted by Crippen LogP contribution is 2.37. The zero-order valence-electron chi connectivity index (χ0n) is 14.0. The Labute approximate surface area is 129 Å². The Kier molecular flexibility index (Phi) is 5.92. The van der Waals surface area contributed by atoms with Crippen molar-refractivity contribution in [2.75, 3.05) is 25.1 Å². The monoisotopic (exact) mass is 290 g/mol. The molecule has 0 aromatic heterocycles. The summed E-state index contributed by atoms with van der Waals surface area (Å²) >= 11 is 0. The van der Waals surface area contributed by atoms with E-state index in [-0.39, 0.29) is 0 Å². The SMILES string of the molecule is CCNC(C)c1c(OC)cccc1N(CC)C1CCCC1. The average Bonchev–Trinajstić information content (AvgIpc) is 3.02. The summed E-state index contributed by atoms with van der Waals surface area (Å²) in [6.07, 6.45) is 5.37. The van der Waals surface area contributed by atoms with Gasteiger partial charge in [0.2, 0.25) is 0 Å². The number of benzene rings is 1. The van der Waals surface area contributed by atoms with Crippen LogP contribution in [0.2, 0.25) is 0 Å². The summed E-state index contributed by atoms with van der Waals surface area (Å²) < 4.78 is 5.64. The molecule has 1 aliphatic carbocycles. The summed E-state index contributed by atoms with van der Waals surface area (Å²) in [6, 6.07) is 7.45. The van der Waals surface area contributed by atoms with Gasteiger partial charge in [0.05, 0.1) is 7.11 Å². The third-order valence-electron chi connectivity index (χ3n) is 4.62. The van der Waals surface area contributed by atoms with Crippen LogP contribution < -0.4 is 15.0 Å². The quantitative estimate of drug-likeness (QED) is 0.817. The van der Waals surface area contributed by atoms with E-state index >= 15 is 0 Å². The van der Waals surface area contributed by atoms with Crippen LogP contribution in [0.3, 0.4) is 0 Å². The number of methoxy groups -OCH3 is 1. The van der Waals surface area contributed by atoms with Gasteiger partial charge in [0.1, 0.15) is 5.75 Å². The smallest absolute Gasteiger partial charge is 0.125 e. The maximum absolute atomic E-state index is 5.64. The van der Waals surface area contributed by atoms with E-state index in [2.05, 4.69) is 49.2 Å². The van der Waals surface area contributed by atoms with Crippen molar-refractivity contribution in [3.8, 4) is 5.75 Å². The highest BCUT2D eigenvalue weighted by Gasteiger charge is 2.26. The molecule has 0 spiro atoms. The van der Waals surface area contributed by atoms with Crippen LogP contribution in [0.1, 0.15) is 58.1 Å². The number of rotatable bonds is 7. The van der Waals surface area contributed by atoms with Gasteiger partial charge in [-0.1, -0.05) is 25.8 Å². The number of ether oxygens (including phenoxy) is 1. The van der Waals surface area contributed by atoms with Gasteiger partial charge in [0.25, 0.3) is 0 Å². The van der Waals surface area contributed by atoms with Crippen molar-refractivity contribution >= 4 is 5.69 Å². The van der Waals surface area contributed by atoms with Crippen LogP contribution in [-0.2, 0) is 0 Å². The van der Waals surface area contributed by atoms with Gasteiger partial charge >= 0.3 is 0 Å². The number of nitrogens with one attached hydrogen (secondary N) is 1. The lowest BCUT2D eigenvalue weighted by Crippen LogP contribution is -2.34. The summed E-state index contributed by atoms with van der Waals surface area (Å²) in [5.74, 6) is 0.998. The standard InChI is InChI=1S/C18H30N2O/c1-5-19-14(3)18-16(12-9-13-17(18)21-4)20(6-2)15-10-7-8-11-15/h9,12-15,19H,5-8,10-11H2,1-4H3. The summed E-state index contributed by atoms with van der Waals surface area (Å²) in [5, 5.41) is 3.54. The summed E-state index contributed by atoms with van der Waals surface area (Å²) in [6.45, 7) is 8.67. The maximum atomic E-state index is 5.64. The van der Waals surface area contributed by atoms with Crippen molar-refractivity contribution in [1.29, 1.82) is 0 Å². The first-order chi connectivity index (χ1) is 10.2. The van der Waals surface area contributed by atoms with E-state index in [1.54, 1.807) is 7.11 Å². The van der Waals surface area contributed by atoms with Crippen LogP contribution in [0.25, 0.3) is 0 Å². The normalized spacial score (nSPS) is 17.0. The van der Waals surface area contributed by atoms with E-state index in [1.807, 2.05) is 0 Å². The van der Waals surface area contributed by atoms with E-state index in [1.165, 1.54) is 36.9 Å². The molecule has 1 aliphatic rings. The minimum absolute atomic E-state index is 0.302. The molecule has 3 nitrogen and oxygen atoms in total. The molecule has 1 unspecified atom stereocenters. The van der Waals surface area contributed by atoms with Gasteiger partial charge in [0.15, 0.2) is 0 Å². The number of nitrogens with zero attached hydrogens (tertiary/aromatic N) is 1. The first kappa shape index (κ1) is 16.2. The zero-order valence-corrected chi connectivity index (χ0v) is 14.0. The second-order valence-electron chi connectivity index (χ2n) is 5.90. The predicted octanol–water partition coefficient (Wildman–Crippen LogP) is 4.13. The molecule has 0 heterocycles. The Morgan fingerprint density at radius 2 is 2.00 bits per heavy atom. The predicted molar refractivity (Wildman–Crippen MR) is 90.4 cm³/mol. The van der Waals surface area contributed by atoms with Crippen molar-refractivity contribution in [2.45, 2.75) is 58.5 Å². The molecule has 1 saturated carbocycles. The van der Waals surface area contributed by atoms with Crippen LogP contribution in [0, 0.1) is 0 Å². The van der Waals surface area contributed by atoms with Crippen LogP contribution in [0.4, 0.5) is 5.69 Å². The van der Waals surface area contributed by atoms with Crippen molar-refractivity contribution < 1.29 is 4.74 Å². The van der Waals surface area contributed by atoms with Crippen LogP contribution >= 0.6 is 0 Å². The van der Waals surface area contributed by atoms with Gasteiger partial charge in [-0.15, -0.1) is 0 Å². The van der Waals surface area contributed by atoms with Crippen LogP contribution in [-0.4, -0.2) is 26.2 Å². The van der Waals surface area contributed by atoms with E-state index < -0.39 is 0 Å². The lowest BCUT2D eigenvalue weighted by molar-refractivity contribution is 0.402. The van der Waals surface area contributed by atoms with Gasteiger partial charge in [0, 0.05) is 29.9 Å². The molecular weight excluding hydrogens is 260 g/mol. The molecule has 1 aromatic carbocycles. The number of anilines is 1. The van der Waals surface area contributed by atoms with E-state index in [9.17, 15) is 0 Å². The summed E-state index contributed by atoms with van der Waals surface area (Å²) in [4.78, 5) is 2.58. The molecular formula is C18H30N2O. The topological polar surface area (TPSA) is 24.5 Å². The molecule has 3 heteroatoms. The molecule has 118 valence electrons. The third-order valence-corrected chi connectivity index (χ3v) is 4.62. The summed E-state index contributed by atoms with van der Waals surface area (Å²) in [7, 11) is 1.77. The van der Waals surface area contributed by atoms with E-state index in [0.717, 1.165) is 18.8 Å². The minimum Gasteiger partial charge on any atom is -0.496 e. The fourth-order valence-electron chi connectivity index (χ4n) is 3.65. The van der Waals surface area contributed by atoms with Crippen molar-refractivity contribution in [3.63, 3.8) is 0 Å². The van der Waals surface area contributed by atoms with Crippen LogP contribution in [0.15, 0.2) is 18.2 Å². The second kappa shape index (κ2) is 7.69. The summed E-state index contributed by atoms with van der Waals surface area (Å²) in [5.41, 5.74) is 2.65. The zero-order chi connectivity index (χ0) is 15.2. The molecule has 2 rings (SSSR count). The lowest BCUT2D eigenvalue weighted by Gasteiger charge is -2.34. The molecule has 0 amide bonds. The molecule has 1 N–H and O–H groups in total. The number of hydrogen-bond donors (Lipinski definition) is 1. The van der Waals surface area contributed by atoms with Gasteiger partial charge in [-0.25, -0.2) is 0 Å². The molecule has 1 atom stereocenters. The van der Waals surface area contributed by atoms with Crippen LogP contribution in [0.5, 0.6) is 5.75 Å². The lowest BCUT2D eigenvalue weighted by atomic mass is 10.0. The Morgan fingerprint density at radius 1 is 1.29 bits per heavy atom. The van der Waals surface area contributed by atoms with Gasteiger partial charge in [-0.2, -0.15) is 0 Å². The molecule has 0 aliphatic heterocycles. The van der Waals surface area contributed by atoms with Crippen molar-refractivity contribution in [1.82, 2.24) is 5.32 Å². The third kappa shape index (κ3) is 3.52. The fraction of sp³-hybridized carbons (Fsp3) is 0.667. The second-order valence-corrected chi connectivity index (χ2v) is 5.90. The molecule has 0 radical (unpaired) electrons. The van der Waals surface area contributed by atoms with E-state index in [0.29, 0.717) is 12.1 Å². The Balaban J connectivity index is 2.40. The maximum Gasteiger partial charge on any atom is 0.125 e.